The van der Waals surface area contributed by atoms with E-state index in [1.807, 2.05) is 0 Å². The number of aromatic nitrogens is 3. The molecular formula is C10H12N4O3. The third kappa shape index (κ3) is 3.82. The van der Waals surface area contributed by atoms with Crippen molar-refractivity contribution in [2.24, 2.45) is 0 Å². The van der Waals surface area contributed by atoms with E-state index in [4.69, 9.17) is 15.3 Å². The fraction of sp³-hybridized carbons (Fsp3) is 0.100. The lowest BCUT2D eigenvalue weighted by atomic mass is 10.3. The number of hydrogen-bond acceptors (Lipinski definition) is 7. The molecule has 0 aliphatic carbocycles. The van der Waals surface area contributed by atoms with Crippen molar-refractivity contribution in [1.29, 1.82) is 0 Å². The summed E-state index contributed by atoms with van der Waals surface area (Å²) in [7, 11) is 1.76. The summed E-state index contributed by atoms with van der Waals surface area (Å²) in [4.78, 5) is 11.2. The number of nitrogens with one attached hydrogen (secondary N) is 1. The normalized spacial score (nSPS) is 9.00. The Balaban J connectivity index is 0.000000171. The molecule has 0 amide bonds. The zero-order chi connectivity index (χ0) is 12.7. The maximum absolute atomic E-state index is 8.71. The summed E-state index contributed by atoms with van der Waals surface area (Å²) in [5, 5.41) is 28.9. The van der Waals surface area contributed by atoms with E-state index in [2.05, 4.69) is 20.3 Å². The Labute approximate surface area is 97.5 Å². The second-order valence-electron chi connectivity index (χ2n) is 2.86. The molecule has 0 bridgehead atoms. The van der Waals surface area contributed by atoms with Gasteiger partial charge in [-0.05, 0) is 12.1 Å². The van der Waals surface area contributed by atoms with Crippen LogP contribution in [0.4, 0.5) is 5.95 Å². The van der Waals surface area contributed by atoms with E-state index in [9.17, 15) is 0 Å². The van der Waals surface area contributed by atoms with E-state index in [0.29, 0.717) is 5.95 Å². The van der Waals surface area contributed by atoms with Gasteiger partial charge in [-0.1, -0.05) is 6.07 Å². The molecule has 1 heterocycles. The van der Waals surface area contributed by atoms with E-state index < -0.39 is 5.75 Å². The van der Waals surface area contributed by atoms with Gasteiger partial charge in [0.05, 0.1) is 0 Å². The molecule has 0 spiro atoms. The standard InChI is InChI=1S/C6H6O3.C4H6N4/c7-4-2-1-3-5(8)6(4)9;1-5-4-7-2-6-3-8-4/h1-3,7-9H;2-3H,1H3,(H,5,6,7,8). The highest BCUT2D eigenvalue weighted by atomic mass is 16.3. The number of hydrogen-bond donors (Lipinski definition) is 4. The molecule has 90 valence electrons. The second-order valence-corrected chi connectivity index (χ2v) is 2.86. The summed E-state index contributed by atoms with van der Waals surface area (Å²) < 4.78 is 0. The van der Waals surface area contributed by atoms with E-state index in [-0.39, 0.29) is 11.5 Å². The molecule has 2 aromatic rings. The second kappa shape index (κ2) is 6.11. The number of nitrogens with zero attached hydrogens (tertiary/aromatic N) is 3. The van der Waals surface area contributed by atoms with Crippen molar-refractivity contribution >= 4 is 5.95 Å². The van der Waals surface area contributed by atoms with Crippen molar-refractivity contribution in [1.82, 2.24) is 15.0 Å². The fourth-order valence-corrected chi connectivity index (χ4v) is 0.888. The average molecular weight is 236 g/mol. The molecule has 0 radical (unpaired) electrons. The van der Waals surface area contributed by atoms with Crippen LogP contribution in [0.5, 0.6) is 17.2 Å². The molecule has 0 atom stereocenters. The van der Waals surface area contributed by atoms with Gasteiger partial charge in [0.2, 0.25) is 5.95 Å². The van der Waals surface area contributed by atoms with Crippen LogP contribution < -0.4 is 5.32 Å². The number of phenolic OH excluding ortho intramolecular Hbond substituents is 3. The summed E-state index contributed by atoms with van der Waals surface area (Å²) in [6.07, 6.45) is 2.89. The van der Waals surface area contributed by atoms with Crippen LogP contribution in [0.3, 0.4) is 0 Å². The van der Waals surface area contributed by atoms with Gasteiger partial charge in [-0.15, -0.1) is 0 Å². The molecule has 0 unspecified atom stereocenters. The largest absolute Gasteiger partial charge is 0.504 e. The number of benzene rings is 1. The summed E-state index contributed by atoms with van der Waals surface area (Å²) in [5.74, 6) is -0.498. The number of phenols is 3. The minimum Gasteiger partial charge on any atom is -0.504 e. The Morgan fingerprint density at radius 3 is 1.88 bits per heavy atom. The van der Waals surface area contributed by atoms with Crippen LogP contribution in [0.25, 0.3) is 0 Å². The lowest BCUT2D eigenvalue weighted by Gasteiger charge is -1.96. The molecule has 0 aliphatic rings. The quantitative estimate of drug-likeness (QED) is 0.539. The van der Waals surface area contributed by atoms with Crippen molar-refractivity contribution in [3.05, 3.63) is 30.9 Å². The Morgan fingerprint density at radius 2 is 1.53 bits per heavy atom. The zero-order valence-corrected chi connectivity index (χ0v) is 9.07. The minimum atomic E-state index is -0.475. The smallest absolute Gasteiger partial charge is 0.225 e. The van der Waals surface area contributed by atoms with Gasteiger partial charge in [-0.25, -0.2) is 15.0 Å². The summed E-state index contributed by atoms with van der Waals surface area (Å²) in [6.45, 7) is 0. The van der Waals surface area contributed by atoms with Crippen LogP contribution in [0.2, 0.25) is 0 Å². The topological polar surface area (TPSA) is 111 Å². The first kappa shape index (κ1) is 12.5. The number of aromatic hydroxyl groups is 3. The van der Waals surface area contributed by atoms with Crippen molar-refractivity contribution < 1.29 is 15.3 Å². The molecule has 0 saturated heterocycles. The van der Waals surface area contributed by atoms with Gasteiger partial charge < -0.3 is 20.6 Å². The van der Waals surface area contributed by atoms with Crippen LogP contribution in [0.15, 0.2) is 30.9 Å². The van der Waals surface area contributed by atoms with Crippen LogP contribution in [-0.4, -0.2) is 37.3 Å². The molecule has 17 heavy (non-hydrogen) atoms. The molecule has 0 fully saturated rings. The maximum Gasteiger partial charge on any atom is 0.225 e. The number of rotatable bonds is 1. The highest BCUT2D eigenvalue weighted by Gasteiger charge is 2.00. The van der Waals surface area contributed by atoms with Gasteiger partial charge in [-0.3, -0.25) is 0 Å². The molecule has 1 aromatic carbocycles. The SMILES string of the molecule is CNc1ncncn1.Oc1cccc(O)c1O. The van der Waals surface area contributed by atoms with Crippen LogP contribution in [-0.2, 0) is 0 Å². The Kier molecular flexibility index (Phi) is 4.49. The van der Waals surface area contributed by atoms with E-state index in [1.165, 1.54) is 30.9 Å². The Morgan fingerprint density at radius 1 is 1.00 bits per heavy atom. The van der Waals surface area contributed by atoms with Gasteiger partial charge in [-0.2, -0.15) is 0 Å². The molecule has 0 aliphatic heterocycles. The van der Waals surface area contributed by atoms with Crippen molar-refractivity contribution in [2.45, 2.75) is 0 Å². The van der Waals surface area contributed by atoms with E-state index in [1.54, 1.807) is 7.05 Å². The summed E-state index contributed by atoms with van der Waals surface area (Å²) in [5.41, 5.74) is 0. The van der Waals surface area contributed by atoms with Gasteiger partial charge in [0.1, 0.15) is 12.7 Å². The van der Waals surface area contributed by atoms with Crippen molar-refractivity contribution in [3.8, 4) is 17.2 Å². The van der Waals surface area contributed by atoms with Gasteiger partial charge in [0, 0.05) is 7.05 Å². The van der Waals surface area contributed by atoms with Crippen molar-refractivity contribution in [3.63, 3.8) is 0 Å². The first-order chi connectivity index (χ1) is 8.15. The number of para-hydroxylation sites is 1. The Hall–Kier alpha value is -2.57. The lowest BCUT2D eigenvalue weighted by molar-refractivity contribution is 0.368. The molecule has 0 saturated carbocycles. The highest BCUT2D eigenvalue weighted by molar-refractivity contribution is 5.47. The molecule has 7 nitrogen and oxygen atoms in total. The molecular weight excluding hydrogens is 224 g/mol. The van der Waals surface area contributed by atoms with Crippen molar-refractivity contribution in [2.75, 3.05) is 12.4 Å². The average Bonchev–Trinajstić information content (AvgIpc) is 2.37. The van der Waals surface area contributed by atoms with Gasteiger partial charge in [0.15, 0.2) is 17.2 Å². The molecule has 4 N–H and O–H groups in total. The predicted octanol–water partition coefficient (Wildman–Crippen LogP) is 0.717. The zero-order valence-electron chi connectivity index (χ0n) is 9.07. The van der Waals surface area contributed by atoms with E-state index in [0.717, 1.165) is 0 Å². The van der Waals surface area contributed by atoms with Gasteiger partial charge in [0.25, 0.3) is 0 Å². The highest BCUT2D eigenvalue weighted by Crippen LogP contribution is 2.32. The Bertz CT molecular complexity index is 444. The van der Waals surface area contributed by atoms with Crippen LogP contribution in [0.1, 0.15) is 0 Å². The third-order valence-electron chi connectivity index (χ3n) is 1.71. The lowest BCUT2D eigenvalue weighted by Crippen LogP contribution is -1.94. The molecule has 2 rings (SSSR count). The minimum absolute atomic E-state index is 0.310. The van der Waals surface area contributed by atoms with Crippen LogP contribution >= 0.6 is 0 Å². The monoisotopic (exact) mass is 236 g/mol. The van der Waals surface area contributed by atoms with E-state index >= 15 is 0 Å². The molecule has 1 aromatic heterocycles. The molecule has 7 heteroatoms. The maximum atomic E-state index is 8.71. The number of anilines is 1. The third-order valence-corrected chi connectivity index (χ3v) is 1.71. The first-order valence-corrected chi connectivity index (χ1v) is 4.64. The first-order valence-electron chi connectivity index (χ1n) is 4.64. The summed E-state index contributed by atoms with van der Waals surface area (Å²) >= 11 is 0. The fourth-order valence-electron chi connectivity index (χ4n) is 0.888. The van der Waals surface area contributed by atoms with Crippen LogP contribution in [0, 0.1) is 0 Å². The van der Waals surface area contributed by atoms with Gasteiger partial charge >= 0.3 is 0 Å². The summed E-state index contributed by atoms with van der Waals surface area (Å²) in [6, 6.07) is 4.01. The predicted molar refractivity (Wildman–Crippen MR) is 60.8 cm³/mol.